The Morgan fingerprint density at radius 2 is 1.71 bits per heavy atom. The Hall–Kier alpha value is -3.60. The molecule has 11 heteroatoms. The second kappa shape index (κ2) is 9.94. The molecule has 0 unspecified atom stereocenters. The van der Waals surface area contributed by atoms with Gasteiger partial charge < -0.3 is 25.6 Å². The predicted molar refractivity (Wildman–Crippen MR) is 101 cm³/mol. The Bertz CT molecular complexity index is 1060. The van der Waals surface area contributed by atoms with E-state index in [1.807, 2.05) is 6.07 Å². The Kier molecular flexibility index (Phi) is 7.59. The summed E-state index contributed by atoms with van der Waals surface area (Å²) in [5.41, 5.74) is 5.25. The second-order valence-electron chi connectivity index (χ2n) is 6.31. The molecule has 0 fully saturated rings. The van der Waals surface area contributed by atoms with Gasteiger partial charge in [-0.2, -0.15) is 13.2 Å². The van der Waals surface area contributed by atoms with Gasteiger partial charge in [0.1, 0.15) is 11.7 Å². The van der Waals surface area contributed by atoms with Gasteiger partial charge in [-0.15, -0.1) is 4.68 Å². The average molecular weight is 439 g/mol. The summed E-state index contributed by atoms with van der Waals surface area (Å²) in [6.45, 7) is 1.16. The van der Waals surface area contributed by atoms with E-state index in [4.69, 9.17) is 14.6 Å². The largest absolute Gasteiger partial charge is 0.595 e. The zero-order chi connectivity index (χ0) is 23.2. The normalized spacial score (nSPS) is 11.0. The van der Waals surface area contributed by atoms with Gasteiger partial charge in [-0.3, -0.25) is 4.79 Å². The van der Waals surface area contributed by atoms with Gasteiger partial charge in [0.25, 0.3) is 5.52 Å². The molecular formula is C20H20F3N3O5. The molecule has 0 radical (unpaired) electrons. The van der Waals surface area contributed by atoms with E-state index in [1.54, 1.807) is 49.6 Å². The molecule has 0 aliphatic carbocycles. The summed E-state index contributed by atoms with van der Waals surface area (Å²) in [5, 5.41) is 22.0. The summed E-state index contributed by atoms with van der Waals surface area (Å²) in [4.78, 5) is 22.6. The van der Waals surface area contributed by atoms with Gasteiger partial charge in [0.15, 0.2) is 5.69 Å². The molecule has 3 aromatic rings. The van der Waals surface area contributed by atoms with Crippen LogP contribution in [-0.4, -0.2) is 36.3 Å². The second-order valence-corrected chi connectivity index (χ2v) is 6.31. The van der Waals surface area contributed by atoms with Crippen molar-refractivity contribution in [2.24, 2.45) is 0 Å². The first kappa shape index (κ1) is 23.7. The molecule has 2 aromatic carbocycles. The maximum atomic E-state index is 13.0. The van der Waals surface area contributed by atoms with Crippen LogP contribution < -0.4 is 20.4 Å². The summed E-state index contributed by atoms with van der Waals surface area (Å²) in [6, 6.07) is 14.1. The van der Waals surface area contributed by atoms with E-state index < -0.39 is 12.1 Å². The molecule has 166 valence electrons. The molecule has 3 rings (SSSR count). The molecule has 0 amide bonds. The lowest BCUT2D eigenvalue weighted by Crippen LogP contribution is -2.51. The molecule has 8 nitrogen and oxygen atoms in total. The number of halogens is 3. The highest BCUT2D eigenvalue weighted by Crippen LogP contribution is 2.22. The van der Waals surface area contributed by atoms with Crippen molar-refractivity contribution in [3.05, 3.63) is 65.0 Å². The van der Waals surface area contributed by atoms with Crippen molar-refractivity contribution in [2.75, 3.05) is 13.7 Å². The van der Waals surface area contributed by atoms with Crippen LogP contribution in [0.4, 0.5) is 13.2 Å². The van der Waals surface area contributed by atoms with E-state index in [2.05, 4.69) is 5.73 Å². The highest BCUT2D eigenvalue weighted by Gasteiger charge is 2.29. The molecular weight excluding hydrogens is 419 g/mol. The van der Waals surface area contributed by atoms with Crippen molar-refractivity contribution >= 4 is 22.7 Å². The highest BCUT2D eigenvalue weighted by molar-refractivity contribution is 6.14. The zero-order valence-electron chi connectivity index (χ0n) is 16.5. The lowest BCUT2D eigenvalue weighted by atomic mass is 10.0. The third kappa shape index (κ3) is 5.51. The quantitative estimate of drug-likeness (QED) is 0.339. The van der Waals surface area contributed by atoms with E-state index in [0.717, 1.165) is 11.3 Å². The average Bonchev–Trinajstić information content (AvgIpc) is 3.03. The zero-order valence-corrected chi connectivity index (χ0v) is 16.5. The number of ether oxygens (including phenoxy) is 1. The van der Waals surface area contributed by atoms with Crippen molar-refractivity contribution in [3.63, 3.8) is 0 Å². The number of carboxylic acids is 1. The van der Waals surface area contributed by atoms with E-state index in [0.29, 0.717) is 41.0 Å². The number of aromatic nitrogens is 2. The highest BCUT2D eigenvalue weighted by atomic mass is 19.4. The van der Waals surface area contributed by atoms with Crippen molar-refractivity contribution < 1.29 is 43.2 Å². The van der Waals surface area contributed by atoms with Crippen LogP contribution in [0.25, 0.3) is 10.9 Å². The molecule has 0 aliphatic rings. The number of carbonyl (C=O) groups excluding carboxylic acids is 2. The van der Waals surface area contributed by atoms with Crippen molar-refractivity contribution in [1.82, 2.24) is 4.68 Å². The minimum atomic E-state index is -5.19. The minimum Gasteiger partial charge on any atom is -0.595 e. The van der Waals surface area contributed by atoms with E-state index >= 15 is 0 Å². The fourth-order valence-corrected chi connectivity index (χ4v) is 2.78. The molecule has 31 heavy (non-hydrogen) atoms. The summed E-state index contributed by atoms with van der Waals surface area (Å²) >= 11 is 0. The maximum absolute atomic E-state index is 13.0. The standard InChI is InChI=1S/C18H19N3O3.C2HF3O2/c1-24-14-9-7-13(8-10-14)18(22)17-15-5-2-3-6-16(15)21(23)20(17)12-4-11-19;3-2(4,5)1(6)7/h2-3,5-10H,4,11-12,19H2,1H3;(H,6,7). The van der Waals surface area contributed by atoms with Crippen LogP contribution >= 0.6 is 0 Å². The molecule has 1 aromatic heterocycles. The number of rotatable bonds is 6. The lowest BCUT2D eigenvalue weighted by Gasteiger charge is -2.07. The van der Waals surface area contributed by atoms with Gasteiger partial charge >= 0.3 is 6.18 Å². The number of hydrogen-bond acceptors (Lipinski definition) is 5. The van der Waals surface area contributed by atoms with Crippen LogP contribution in [0.1, 0.15) is 22.5 Å². The summed E-state index contributed by atoms with van der Waals surface area (Å²) in [7, 11) is 1.58. The number of aliphatic carboxylic acids is 1. The molecule has 0 saturated carbocycles. The van der Waals surface area contributed by atoms with Gasteiger partial charge in [0, 0.05) is 18.1 Å². The van der Waals surface area contributed by atoms with Crippen LogP contribution in [-0.2, 0) is 11.3 Å². The first-order valence-corrected chi connectivity index (χ1v) is 9.09. The Balaban J connectivity index is 0.000000423. The van der Waals surface area contributed by atoms with Crippen LogP contribution in [0.5, 0.6) is 5.75 Å². The van der Waals surface area contributed by atoms with E-state index in [-0.39, 0.29) is 5.78 Å². The fraction of sp³-hybridized carbons (Fsp3) is 0.250. The van der Waals surface area contributed by atoms with Crippen LogP contribution in [0.2, 0.25) is 0 Å². The predicted octanol–water partition coefficient (Wildman–Crippen LogP) is 0.445. The van der Waals surface area contributed by atoms with Crippen molar-refractivity contribution in [1.29, 1.82) is 0 Å². The number of hydrogen-bond donors (Lipinski definition) is 1. The number of para-hydroxylation sites is 1. The smallest absolute Gasteiger partial charge is 0.430 e. The van der Waals surface area contributed by atoms with Gasteiger partial charge in [-0.25, -0.2) is 0 Å². The van der Waals surface area contributed by atoms with Crippen LogP contribution in [0, 0.1) is 5.21 Å². The number of carboxylic acid groups (broad SMARTS) is 1. The fourth-order valence-electron chi connectivity index (χ4n) is 2.78. The van der Waals surface area contributed by atoms with Gasteiger partial charge in [-0.05, 0) is 30.3 Å². The third-order valence-corrected chi connectivity index (χ3v) is 4.26. The molecule has 0 bridgehead atoms. The first-order valence-electron chi connectivity index (χ1n) is 9.09. The number of fused-ring (bicyclic) bond motifs is 1. The van der Waals surface area contributed by atoms with Crippen LogP contribution in [0.3, 0.4) is 0 Å². The van der Waals surface area contributed by atoms with Crippen molar-refractivity contribution in [2.45, 2.75) is 19.1 Å². The number of benzene rings is 2. The topological polar surface area (TPSA) is 126 Å². The number of nitrogens with zero attached hydrogens (tertiary/aromatic N) is 2. The SMILES string of the molecule is COc1ccc(C(=O)c2c3ccccc3[n+]([O-])n2CCC[NH3+])cc1.O=C([O-])C(F)(F)F. The molecule has 0 saturated heterocycles. The summed E-state index contributed by atoms with van der Waals surface area (Å²) in [5.74, 6) is -2.50. The Morgan fingerprint density at radius 3 is 2.23 bits per heavy atom. The van der Waals surface area contributed by atoms with Crippen LogP contribution in [0.15, 0.2) is 48.5 Å². The Labute approximate surface area is 174 Å². The number of alkyl halides is 3. The molecule has 0 atom stereocenters. The number of quaternary nitrogens is 1. The third-order valence-electron chi connectivity index (χ3n) is 4.26. The summed E-state index contributed by atoms with van der Waals surface area (Å²) < 4.78 is 38.2. The minimum absolute atomic E-state index is 0.174. The summed E-state index contributed by atoms with van der Waals surface area (Å²) in [6.07, 6.45) is -4.47. The van der Waals surface area contributed by atoms with Gasteiger partial charge in [0.2, 0.25) is 5.78 Å². The Morgan fingerprint density at radius 1 is 1.13 bits per heavy atom. The molecule has 1 heterocycles. The number of carbonyl (C=O) groups is 2. The van der Waals surface area contributed by atoms with Crippen molar-refractivity contribution in [3.8, 4) is 5.75 Å². The molecule has 3 N–H and O–H groups in total. The van der Waals surface area contributed by atoms with Gasteiger partial charge in [-0.1, -0.05) is 17.0 Å². The van der Waals surface area contributed by atoms with E-state index in [1.165, 1.54) is 4.68 Å². The molecule has 0 aliphatic heterocycles. The molecule has 0 spiro atoms. The maximum Gasteiger partial charge on any atom is 0.430 e. The van der Waals surface area contributed by atoms with Gasteiger partial charge in [0.05, 0.1) is 25.6 Å². The number of methoxy groups -OCH3 is 1. The number of ketones is 1. The first-order chi connectivity index (χ1) is 14.6. The lowest BCUT2D eigenvalue weighted by molar-refractivity contribution is -0.670. The van der Waals surface area contributed by atoms with E-state index in [9.17, 15) is 23.2 Å². The monoisotopic (exact) mass is 439 g/mol.